The summed E-state index contributed by atoms with van der Waals surface area (Å²) in [6.45, 7) is 0.706. The van der Waals surface area contributed by atoms with Crippen LogP contribution in [0.1, 0.15) is 42.0 Å². The minimum Gasteiger partial charge on any atom is -0.480 e. The Hall–Kier alpha value is -0.590. The maximum Gasteiger partial charge on any atom is 0.320 e. The summed E-state index contributed by atoms with van der Waals surface area (Å²) in [4.78, 5) is 19.6. The maximum absolute atomic E-state index is 11.6. The number of fused-ring (bicyclic) bond motifs is 1. The van der Waals surface area contributed by atoms with Crippen LogP contribution in [0.15, 0.2) is 6.20 Å². The number of carboxylic acid groups (broad SMARTS) is 1. The molecule has 0 aromatic carbocycles. The third kappa shape index (κ3) is 3.27. The van der Waals surface area contributed by atoms with Gasteiger partial charge in [-0.1, -0.05) is 12.8 Å². The first-order valence-electron chi connectivity index (χ1n) is 7.60. The van der Waals surface area contributed by atoms with Crippen molar-refractivity contribution >= 4 is 29.1 Å². The van der Waals surface area contributed by atoms with Crippen LogP contribution in [0.3, 0.4) is 0 Å². The molecule has 21 heavy (non-hydrogen) atoms. The second-order valence-electron chi connectivity index (χ2n) is 6.03. The summed E-state index contributed by atoms with van der Waals surface area (Å²) in [5.41, 5.74) is 0. The molecule has 4 nitrogen and oxygen atoms in total. The quantitative estimate of drug-likeness (QED) is 0.900. The SMILES string of the molecule is CSCc1cnc(CN2C(C(=O)O)CC3CCCCC32)s1. The molecule has 0 spiro atoms. The third-order valence-electron chi connectivity index (χ3n) is 4.71. The van der Waals surface area contributed by atoms with Crippen molar-refractivity contribution in [2.24, 2.45) is 5.92 Å². The molecule has 0 bridgehead atoms. The molecule has 1 aromatic rings. The van der Waals surface area contributed by atoms with E-state index < -0.39 is 5.97 Å². The van der Waals surface area contributed by atoms with E-state index in [1.165, 1.54) is 24.1 Å². The second-order valence-corrected chi connectivity index (χ2v) is 8.09. The predicted molar refractivity (Wildman–Crippen MR) is 86.7 cm³/mol. The molecule has 2 aliphatic rings. The van der Waals surface area contributed by atoms with E-state index >= 15 is 0 Å². The smallest absolute Gasteiger partial charge is 0.320 e. The molecule has 1 aliphatic heterocycles. The van der Waals surface area contributed by atoms with Crippen molar-refractivity contribution in [2.45, 2.75) is 56.5 Å². The molecular weight excluding hydrogens is 304 g/mol. The predicted octanol–water partition coefficient (Wildman–Crippen LogP) is 3.22. The first-order chi connectivity index (χ1) is 10.2. The summed E-state index contributed by atoms with van der Waals surface area (Å²) in [5.74, 6) is 0.905. The van der Waals surface area contributed by atoms with Gasteiger partial charge in [-0.05, 0) is 31.4 Å². The number of hydrogen-bond donors (Lipinski definition) is 1. The fraction of sp³-hybridized carbons (Fsp3) is 0.733. The van der Waals surface area contributed by atoms with E-state index in [-0.39, 0.29) is 6.04 Å². The number of rotatable bonds is 5. The van der Waals surface area contributed by atoms with Gasteiger partial charge in [0.2, 0.25) is 0 Å². The van der Waals surface area contributed by atoms with Gasteiger partial charge in [0.1, 0.15) is 11.0 Å². The normalized spacial score (nSPS) is 29.5. The van der Waals surface area contributed by atoms with Crippen LogP contribution in [-0.2, 0) is 17.1 Å². The summed E-state index contributed by atoms with van der Waals surface area (Å²) >= 11 is 3.53. The summed E-state index contributed by atoms with van der Waals surface area (Å²) in [6.07, 6.45) is 9.70. The molecule has 0 radical (unpaired) electrons. The molecule has 1 saturated carbocycles. The monoisotopic (exact) mass is 326 g/mol. The number of carboxylic acids is 1. The summed E-state index contributed by atoms with van der Waals surface area (Å²) < 4.78 is 0. The second kappa shape index (κ2) is 6.67. The van der Waals surface area contributed by atoms with Crippen molar-refractivity contribution in [2.75, 3.05) is 6.26 Å². The van der Waals surface area contributed by atoms with Crippen LogP contribution < -0.4 is 0 Å². The van der Waals surface area contributed by atoms with Crippen LogP contribution in [-0.4, -0.2) is 39.3 Å². The van der Waals surface area contributed by atoms with Crippen molar-refractivity contribution in [3.63, 3.8) is 0 Å². The van der Waals surface area contributed by atoms with Gasteiger partial charge in [-0.3, -0.25) is 9.69 Å². The highest BCUT2D eigenvalue weighted by Gasteiger charge is 2.45. The Morgan fingerprint density at radius 2 is 2.33 bits per heavy atom. The van der Waals surface area contributed by atoms with Crippen LogP contribution in [0, 0.1) is 5.92 Å². The lowest BCUT2D eigenvalue weighted by molar-refractivity contribution is -0.142. The third-order valence-corrected chi connectivity index (χ3v) is 6.48. The van der Waals surface area contributed by atoms with Crippen LogP contribution in [0.4, 0.5) is 0 Å². The van der Waals surface area contributed by atoms with Gasteiger partial charge in [-0.2, -0.15) is 11.8 Å². The van der Waals surface area contributed by atoms with E-state index in [0.29, 0.717) is 18.5 Å². The van der Waals surface area contributed by atoms with Crippen molar-refractivity contribution in [3.05, 3.63) is 16.1 Å². The fourth-order valence-corrected chi connectivity index (χ4v) is 5.48. The van der Waals surface area contributed by atoms with E-state index in [0.717, 1.165) is 23.6 Å². The molecule has 1 aliphatic carbocycles. The van der Waals surface area contributed by atoms with Crippen LogP contribution in [0.25, 0.3) is 0 Å². The van der Waals surface area contributed by atoms with Gasteiger partial charge in [-0.15, -0.1) is 11.3 Å². The van der Waals surface area contributed by atoms with E-state index in [1.807, 2.05) is 6.20 Å². The molecule has 3 atom stereocenters. The molecule has 2 heterocycles. The zero-order chi connectivity index (χ0) is 14.8. The number of thiazole rings is 1. The summed E-state index contributed by atoms with van der Waals surface area (Å²) in [5, 5.41) is 10.6. The van der Waals surface area contributed by atoms with Crippen LogP contribution in [0.2, 0.25) is 0 Å². The van der Waals surface area contributed by atoms with E-state index in [1.54, 1.807) is 23.1 Å². The summed E-state index contributed by atoms with van der Waals surface area (Å²) in [7, 11) is 0. The van der Waals surface area contributed by atoms with Crippen molar-refractivity contribution in [1.82, 2.24) is 9.88 Å². The van der Waals surface area contributed by atoms with Gasteiger partial charge < -0.3 is 5.11 Å². The van der Waals surface area contributed by atoms with E-state index in [9.17, 15) is 9.90 Å². The minimum atomic E-state index is -0.662. The Morgan fingerprint density at radius 3 is 3.10 bits per heavy atom. The fourth-order valence-electron chi connectivity index (χ4n) is 3.81. The number of thioether (sulfide) groups is 1. The van der Waals surface area contributed by atoms with Gasteiger partial charge in [0.25, 0.3) is 0 Å². The molecule has 0 amide bonds. The number of nitrogens with zero attached hydrogens (tertiary/aromatic N) is 2. The summed E-state index contributed by atoms with van der Waals surface area (Å²) in [6, 6.07) is 0.138. The van der Waals surface area contributed by atoms with E-state index in [4.69, 9.17) is 0 Å². The molecule has 1 aromatic heterocycles. The Labute approximate surface area is 133 Å². The van der Waals surface area contributed by atoms with Crippen molar-refractivity contribution in [3.8, 4) is 0 Å². The number of aliphatic carboxylic acids is 1. The highest BCUT2D eigenvalue weighted by molar-refractivity contribution is 7.97. The Bertz CT molecular complexity index is 506. The standard InChI is InChI=1S/C15H22N2O2S2/c1-20-9-11-7-16-14(21-11)8-17-12-5-3-2-4-10(12)6-13(17)15(18)19/h7,10,12-13H,2-6,8-9H2,1H3,(H,18,19). The van der Waals surface area contributed by atoms with Gasteiger partial charge >= 0.3 is 5.97 Å². The lowest BCUT2D eigenvalue weighted by Gasteiger charge is -2.32. The molecule has 2 fully saturated rings. The zero-order valence-corrected chi connectivity index (χ0v) is 14.0. The van der Waals surface area contributed by atoms with Crippen molar-refractivity contribution < 1.29 is 9.90 Å². The van der Waals surface area contributed by atoms with Crippen LogP contribution >= 0.6 is 23.1 Å². The molecule has 116 valence electrons. The van der Waals surface area contributed by atoms with E-state index in [2.05, 4.69) is 16.1 Å². The Kier molecular flexibility index (Phi) is 4.86. The largest absolute Gasteiger partial charge is 0.480 e. The lowest BCUT2D eigenvalue weighted by atomic mass is 9.85. The highest BCUT2D eigenvalue weighted by atomic mass is 32.2. The first-order valence-corrected chi connectivity index (χ1v) is 9.81. The minimum absolute atomic E-state index is 0.314. The molecule has 3 unspecified atom stereocenters. The topological polar surface area (TPSA) is 53.4 Å². The Balaban J connectivity index is 1.74. The number of aromatic nitrogens is 1. The zero-order valence-electron chi connectivity index (χ0n) is 12.3. The highest BCUT2D eigenvalue weighted by Crippen LogP contribution is 2.40. The number of likely N-dealkylation sites (tertiary alicyclic amines) is 1. The van der Waals surface area contributed by atoms with Gasteiger partial charge in [0.05, 0.1) is 6.54 Å². The number of carbonyl (C=O) groups is 1. The molecule has 3 rings (SSSR count). The lowest BCUT2D eigenvalue weighted by Crippen LogP contribution is -2.41. The molecule has 6 heteroatoms. The van der Waals surface area contributed by atoms with Crippen molar-refractivity contribution in [1.29, 1.82) is 0 Å². The van der Waals surface area contributed by atoms with Gasteiger partial charge in [-0.25, -0.2) is 4.98 Å². The Morgan fingerprint density at radius 1 is 1.52 bits per heavy atom. The molecule has 1 N–H and O–H groups in total. The van der Waals surface area contributed by atoms with Gasteiger partial charge in [0, 0.05) is 22.9 Å². The van der Waals surface area contributed by atoms with Crippen LogP contribution in [0.5, 0.6) is 0 Å². The average Bonchev–Trinajstić information content (AvgIpc) is 3.05. The van der Waals surface area contributed by atoms with Gasteiger partial charge in [0.15, 0.2) is 0 Å². The first kappa shape index (κ1) is 15.3. The average molecular weight is 326 g/mol. The number of hydrogen-bond acceptors (Lipinski definition) is 5. The molecular formula is C15H22N2O2S2. The molecule has 1 saturated heterocycles. The maximum atomic E-state index is 11.6.